The molecule has 1 aliphatic heterocycles. The molecule has 0 bridgehead atoms. The van der Waals surface area contributed by atoms with Crippen LogP contribution in [-0.2, 0) is 6.61 Å². The van der Waals surface area contributed by atoms with Crippen molar-refractivity contribution in [3.05, 3.63) is 101 Å². The van der Waals surface area contributed by atoms with E-state index in [0.29, 0.717) is 30.1 Å². The van der Waals surface area contributed by atoms with E-state index in [-0.39, 0.29) is 5.78 Å². The Kier molecular flexibility index (Phi) is 4.52. The van der Waals surface area contributed by atoms with Crippen LogP contribution >= 0.6 is 0 Å². The monoisotopic (exact) mass is 342 g/mol. The molecule has 0 saturated carbocycles. The van der Waals surface area contributed by atoms with Crippen molar-refractivity contribution in [2.45, 2.75) is 6.61 Å². The molecule has 0 radical (unpaired) electrons. The summed E-state index contributed by atoms with van der Waals surface area (Å²) in [5.41, 5.74) is 3.35. The number of ketones is 1. The van der Waals surface area contributed by atoms with Gasteiger partial charge < -0.3 is 9.47 Å². The van der Waals surface area contributed by atoms with E-state index >= 15 is 0 Å². The van der Waals surface area contributed by atoms with Crippen LogP contribution in [0, 0.1) is 0 Å². The first-order chi connectivity index (χ1) is 12.8. The molecular formula is C23H18O3. The van der Waals surface area contributed by atoms with Crippen LogP contribution in [0.4, 0.5) is 0 Å². The number of para-hydroxylation sites is 1. The molecule has 128 valence electrons. The highest BCUT2D eigenvalue weighted by atomic mass is 16.5. The smallest absolute Gasteiger partial charge is 0.196 e. The molecule has 0 aromatic heterocycles. The second kappa shape index (κ2) is 7.28. The summed E-state index contributed by atoms with van der Waals surface area (Å²) in [5.74, 6) is 1.48. The molecule has 0 fully saturated rings. The molecule has 4 rings (SSSR count). The van der Waals surface area contributed by atoms with Crippen molar-refractivity contribution < 1.29 is 14.3 Å². The molecule has 1 heterocycles. The van der Waals surface area contributed by atoms with E-state index in [1.807, 2.05) is 78.9 Å². The molecule has 1 aliphatic rings. The van der Waals surface area contributed by atoms with Crippen LogP contribution in [0.5, 0.6) is 11.5 Å². The molecule has 0 unspecified atom stereocenters. The van der Waals surface area contributed by atoms with Crippen molar-refractivity contribution in [1.82, 2.24) is 0 Å². The first-order valence-corrected chi connectivity index (χ1v) is 8.53. The van der Waals surface area contributed by atoms with Crippen LogP contribution in [0.3, 0.4) is 0 Å². The summed E-state index contributed by atoms with van der Waals surface area (Å²) in [4.78, 5) is 12.6. The Labute approximate surface area is 152 Å². The van der Waals surface area contributed by atoms with Crippen LogP contribution in [0.25, 0.3) is 6.08 Å². The summed E-state index contributed by atoms with van der Waals surface area (Å²) in [7, 11) is 0. The topological polar surface area (TPSA) is 35.5 Å². The third kappa shape index (κ3) is 3.52. The zero-order valence-corrected chi connectivity index (χ0v) is 14.2. The van der Waals surface area contributed by atoms with Gasteiger partial charge in [-0.2, -0.15) is 0 Å². The first kappa shape index (κ1) is 16.2. The Hall–Kier alpha value is -3.33. The fourth-order valence-electron chi connectivity index (χ4n) is 2.88. The lowest BCUT2D eigenvalue weighted by Gasteiger charge is -2.18. The number of hydrogen-bond donors (Lipinski definition) is 0. The SMILES string of the molecule is O=C1C(=Cc2ccc(OCc3ccccc3)cc2)COc2ccccc21. The zero-order chi connectivity index (χ0) is 17.8. The van der Waals surface area contributed by atoms with Crippen molar-refractivity contribution in [3.63, 3.8) is 0 Å². The van der Waals surface area contributed by atoms with Gasteiger partial charge in [0, 0.05) is 5.57 Å². The number of rotatable bonds is 4. The van der Waals surface area contributed by atoms with E-state index in [4.69, 9.17) is 9.47 Å². The Balaban J connectivity index is 1.46. The molecule has 0 spiro atoms. The van der Waals surface area contributed by atoms with E-state index in [1.165, 1.54) is 0 Å². The minimum absolute atomic E-state index is 0.0243. The van der Waals surface area contributed by atoms with Crippen LogP contribution in [0.15, 0.2) is 84.4 Å². The van der Waals surface area contributed by atoms with Crippen molar-refractivity contribution in [3.8, 4) is 11.5 Å². The maximum absolute atomic E-state index is 12.6. The minimum Gasteiger partial charge on any atom is -0.489 e. The summed E-state index contributed by atoms with van der Waals surface area (Å²) >= 11 is 0. The summed E-state index contributed by atoms with van der Waals surface area (Å²) in [6.07, 6.45) is 1.87. The van der Waals surface area contributed by atoms with Gasteiger partial charge in [0.05, 0.1) is 5.56 Å². The van der Waals surface area contributed by atoms with Gasteiger partial charge in [-0.3, -0.25) is 4.79 Å². The fourth-order valence-corrected chi connectivity index (χ4v) is 2.88. The van der Waals surface area contributed by atoms with E-state index in [1.54, 1.807) is 6.07 Å². The standard InChI is InChI=1S/C23H18O3/c24-23-19(16-26-22-9-5-4-8-21(22)23)14-17-10-12-20(13-11-17)25-15-18-6-2-1-3-7-18/h1-14H,15-16H2. The molecule has 0 N–H and O–H groups in total. The molecule has 3 nitrogen and oxygen atoms in total. The summed E-state index contributed by atoms with van der Waals surface area (Å²) < 4.78 is 11.5. The van der Waals surface area contributed by atoms with Gasteiger partial charge in [-0.1, -0.05) is 54.6 Å². The molecule has 0 amide bonds. The lowest BCUT2D eigenvalue weighted by atomic mass is 9.98. The number of ether oxygens (including phenoxy) is 2. The fraction of sp³-hybridized carbons (Fsp3) is 0.0870. The highest BCUT2D eigenvalue weighted by Crippen LogP contribution is 2.27. The number of carbonyl (C=O) groups excluding carboxylic acids is 1. The number of Topliss-reactive ketones (excluding diaryl/α,β-unsaturated/α-hetero) is 1. The Morgan fingerprint density at radius 3 is 2.42 bits per heavy atom. The quantitative estimate of drug-likeness (QED) is 0.631. The highest BCUT2D eigenvalue weighted by molar-refractivity contribution is 6.14. The summed E-state index contributed by atoms with van der Waals surface area (Å²) in [6.45, 7) is 0.826. The lowest BCUT2D eigenvalue weighted by molar-refractivity contribution is 0.100. The van der Waals surface area contributed by atoms with Gasteiger partial charge in [0.15, 0.2) is 5.78 Å². The molecule has 0 aliphatic carbocycles. The van der Waals surface area contributed by atoms with Gasteiger partial charge in [-0.05, 0) is 41.5 Å². The Bertz CT molecular complexity index is 941. The van der Waals surface area contributed by atoms with E-state index < -0.39 is 0 Å². The third-order valence-electron chi connectivity index (χ3n) is 4.28. The van der Waals surface area contributed by atoms with Crippen LogP contribution in [0.2, 0.25) is 0 Å². The maximum atomic E-state index is 12.6. The second-order valence-electron chi connectivity index (χ2n) is 6.13. The zero-order valence-electron chi connectivity index (χ0n) is 14.2. The first-order valence-electron chi connectivity index (χ1n) is 8.53. The van der Waals surface area contributed by atoms with Crippen LogP contribution < -0.4 is 9.47 Å². The van der Waals surface area contributed by atoms with Crippen molar-refractivity contribution in [2.75, 3.05) is 6.61 Å². The number of carbonyl (C=O) groups is 1. The van der Waals surface area contributed by atoms with Crippen molar-refractivity contribution in [1.29, 1.82) is 0 Å². The predicted octanol–water partition coefficient (Wildman–Crippen LogP) is 4.92. The third-order valence-corrected chi connectivity index (χ3v) is 4.28. The number of benzene rings is 3. The Morgan fingerprint density at radius 1 is 0.885 bits per heavy atom. The van der Waals surface area contributed by atoms with Gasteiger partial charge in [-0.15, -0.1) is 0 Å². The van der Waals surface area contributed by atoms with Gasteiger partial charge in [-0.25, -0.2) is 0 Å². The summed E-state index contributed by atoms with van der Waals surface area (Å²) in [6, 6.07) is 25.1. The molecular weight excluding hydrogens is 324 g/mol. The average molecular weight is 342 g/mol. The second-order valence-corrected chi connectivity index (χ2v) is 6.13. The van der Waals surface area contributed by atoms with Crippen molar-refractivity contribution in [2.24, 2.45) is 0 Å². The molecule has 3 aromatic rings. The number of hydrogen-bond acceptors (Lipinski definition) is 3. The van der Waals surface area contributed by atoms with Crippen LogP contribution in [-0.4, -0.2) is 12.4 Å². The molecule has 0 atom stereocenters. The van der Waals surface area contributed by atoms with Gasteiger partial charge in [0.2, 0.25) is 0 Å². The normalized spacial score (nSPS) is 14.6. The minimum atomic E-state index is 0.0243. The van der Waals surface area contributed by atoms with Gasteiger partial charge in [0.25, 0.3) is 0 Å². The molecule has 0 saturated heterocycles. The van der Waals surface area contributed by atoms with E-state index in [9.17, 15) is 4.79 Å². The van der Waals surface area contributed by atoms with E-state index in [0.717, 1.165) is 16.9 Å². The highest BCUT2D eigenvalue weighted by Gasteiger charge is 2.22. The maximum Gasteiger partial charge on any atom is 0.196 e. The molecule has 3 aromatic carbocycles. The van der Waals surface area contributed by atoms with Crippen LogP contribution in [0.1, 0.15) is 21.5 Å². The predicted molar refractivity (Wildman–Crippen MR) is 101 cm³/mol. The van der Waals surface area contributed by atoms with Gasteiger partial charge >= 0.3 is 0 Å². The Morgan fingerprint density at radius 2 is 1.62 bits per heavy atom. The summed E-state index contributed by atoms with van der Waals surface area (Å²) in [5, 5.41) is 0. The van der Waals surface area contributed by atoms with E-state index in [2.05, 4.69) is 0 Å². The van der Waals surface area contributed by atoms with Crippen molar-refractivity contribution >= 4 is 11.9 Å². The van der Waals surface area contributed by atoms with Gasteiger partial charge in [0.1, 0.15) is 24.7 Å². The number of fused-ring (bicyclic) bond motifs is 1. The largest absolute Gasteiger partial charge is 0.489 e. The molecule has 3 heteroatoms. The molecule has 26 heavy (non-hydrogen) atoms. The average Bonchev–Trinajstić information content (AvgIpc) is 2.70. The lowest BCUT2D eigenvalue weighted by Crippen LogP contribution is -2.18.